The molecule has 0 saturated heterocycles. The van der Waals surface area contributed by atoms with E-state index in [9.17, 15) is 0 Å². The number of pyridine rings is 1. The van der Waals surface area contributed by atoms with Gasteiger partial charge in [0.15, 0.2) is 0 Å². The van der Waals surface area contributed by atoms with Gasteiger partial charge in [0.2, 0.25) is 0 Å². The van der Waals surface area contributed by atoms with Crippen LogP contribution in [0.3, 0.4) is 0 Å². The first kappa shape index (κ1) is 21.8. The average molecular weight is 516 g/mol. The highest BCUT2D eigenvalue weighted by Crippen LogP contribution is 2.47. The molecule has 186 valence electrons. The molecular formula is C31H25N5OS. The molecule has 0 amide bonds. The van der Waals surface area contributed by atoms with Crippen LogP contribution >= 0.6 is 11.3 Å². The monoisotopic (exact) mass is 515 g/mol. The fourth-order valence-corrected chi connectivity index (χ4v) is 6.82. The number of aromatic nitrogens is 5. The quantitative estimate of drug-likeness (QED) is 0.233. The normalized spacial score (nSPS) is 13.1. The number of fused-ring (bicyclic) bond motifs is 11. The van der Waals surface area contributed by atoms with Gasteiger partial charge in [-0.3, -0.25) is 4.98 Å². The smallest absolute Gasteiger partial charge is 0.147 e. The number of nitrogens with zero attached hydrogens (tertiary/aromatic N) is 3. The van der Waals surface area contributed by atoms with Gasteiger partial charge in [-0.2, -0.15) is 0 Å². The molecule has 7 heteroatoms. The molecule has 3 aromatic carbocycles. The molecule has 1 aliphatic heterocycles. The van der Waals surface area contributed by atoms with E-state index in [1.165, 1.54) is 36.7 Å². The van der Waals surface area contributed by atoms with E-state index in [1.807, 2.05) is 12.4 Å². The zero-order valence-electron chi connectivity index (χ0n) is 21.3. The van der Waals surface area contributed by atoms with E-state index >= 15 is 0 Å². The number of hydrogen-bond acceptors (Lipinski definition) is 5. The van der Waals surface area contributed by atoms with Gasteiger partial charge in [0.25, 0.3) is 0 Å². The SMILES string of the molecule is CCc1nc2c([nH]1)COc1c-2ccc2cc(-c3ccc4c(c3)c3ccncc3c3nc(C(C)C)[nH]c43)sc12. The maximum absolute atomic E-state index is 6.29. The number of H-pyrrole nitrogens is 2. The molecule has 1 aliphatic rings. The number of nitrogens with one attached hydrogen (secondary N) is 2. The van der Waals surface area contributed by atoms with Gasteiger partial charge in [0.05, 0.1) is 27.1 Å². The van der Waals surface area contributed by atoms with Crippen LogP contribution < -0.4 is 4.74 Å². The lowest BCUT2D eigenvalue weighted by molar-refractivity contribution is 0.302. The first-order chi connectivity index (χ1) is 18.6. The van der Waals surface area contributed by atoms with Crippen LogP contribution in [0.1, 0.15) is 44.0 Å². The van der Waals surface area contributed by atoms with Gasteiger partial charge in [-0.1, -0.05) is 39.0 Å². The topological polar surface area (TPSA) is 79.5 Å². The van der Waals surface area contributed by atoms with Gasteiger partial charge in [0, 0.05) is 45.9 Å². The van der Waals surface area contributed by atoms with Crippen molar-refractivity contribution >= 4 is 54.0 Å². The van der Waals surface area contributed by atoms with E-state index in [4.69, 9.17) is 14.7 Å². The summed E-state index contributed by atoms with van der Waals surface area (Å²) in [5.74, 6) is 3.27. The maximum Gasteiger partial charge on any atom is 0.147 e. The molecule has 8 rings (SSSR count). The molecule has 0 bridgehead atoms. The van der Waals surface area contributed by atoms with E-state index in [2.05, 4.69) is 78.2 Å². The standard InChI is InChI=1S/C31H25N5OS/c1-4-25-33-23-14-37-29-20(26(23)34-25)8-6-17-12-24(38-30(17)29)16-5-7-19-21(11-16)18-9-10-32-13-22(18)28-27(19)35-31(36-28)15(2)3/h5-13,15H,4,14H2,1-3H3,(H,33,34)(H,35,36). The van der Waals surface area contributed by atoms with E-state index in [0.717, 1.165) is 57.2 Å². The third kappa shape index (κ3) is 3.02. The summed E-state index contributed by atoms with van der Waals surface area (Å²) in [6, 6.07) is 15.5. The number of hydrogen-bond donors (Lipinski definition) is 2. The summed E-state index contributed by atoms with van der Waals surface area (Å²) in [7, 11) is 0. The lowest BCUT2D eigenvalue weighted by atomic mass is 9.98. The molecule has 0 unspecified atom stereocenters. The summed E-state index contributed by atoms with van der Waals surface area (Å²) >= 11 is 1.78. The summed E-state index contributed by atoms with van der Waals surface area (Å²) in [6.45, 7) is 6.97. The Kier molecular flexibility index (Phi) is 4.53. The minimum atomic E-state index is 0.321. The Morgan fingerprint density at radius 2 is 1.89 bits per heavy atom. The summed E-state index contributed by atoms with van der Waals surface area (Å²) < 4.78 is 7.46. The van der Waals surface area contributed by atoms with Crippen molar-refractivity contribution in [3.8, 4) is 27.4 Å². The predicted octanol–water partition coefficient (Wildman–Crippen LogP) is 8.11. The van der Waals surface area contributed by atoms with E-state index in [1.54, 1.807) is 11.3 Å². The number of thiophene rings is 1. The molecule has 0 radical (unpaired) electrons. The summed E-state index contributed by atoms with van der Waals surface area (Å²) in [5.41, 5.74) is 6.42. The fourth-order valence-electron chi connectivity index (χ4n) is 5.66. The second-order valence-corrected chi connectivity index (χ2v) is 11.4. The Morgan fingerprint density at radius 3 is 2.76 bits per heavy atom. The molecule has 5 heterocycles. The highest BCUT2D eigenvalue weighted by molar-refractivity contribution is 7.22. The highest BCUT2D eigenvalue weighted by Gasteiger charge is 2.24. The Hall–Kier alpha value is -4.23. The third-order valence-corrected chi connectivity index (χ3v) is 8.83. The highest BCUT2D eigenvalue weighted by atomic mass is 32.1. The van der Waals surface area contributed by atoms with Gasteiger partial charge in [0.1, 0.15) is 24.0 Å². The predicted molar refractivity (Wildman–Crippen MR) is 155 cm³/mol. The summed E-state index contributed by atoms with van der Waals surface area (Å²) in [4.78, 5) is 22.4. The van der Waals surface area contributed by atoms with Crippen molar-refractivity contribution in [3.05, 3.63) is 72.2 Å². The van der Waals surface area contributed by atoms with E-state index in [0.29, 0.717) is 12.5 Å². The van der Waals surface area contributed by atoms with E-state index in [-0.39, 0.29) is 0 Å². The Labute approximate surface area is 222 Å². The second kappa shape index (κ2) is 7.88. The van der Waals surface area contributed by atoms with Gasteiger partial charge in [-0.15, -0.1) is 11.3 Å². The minimum absolute atomic E-state index is 0.321. The zero-order valence-corrected chi connectivity index (χ0v) is 22.2. The van der Waals surface area contributed by atoms with Crippen molar-refractivity contribution in [1.29, 1.82) is 0 Å². The van der Waals surface area contributed by atoms with Crippen LogP contribution in [-0.2, 0) is 13.0 Å². The van der Waals surface area contributed by atoms with Crippen molar-refractivity contribution in [3.63, 3.8) is 0 Å². The molecular weight excluding hydrogens is 490 g/mol. The van der Waals surface area contributed by atoms with Gasteiger partial charge in [-0.05, 0) is 46.0 Å². The van der Waals surface area contributed by atoms with E-state index < -0.39 is 0 Å². The number of benzene rings is 3. The lowest BCUT2D eigenvalue weighted by Gasteiger charge is -2.17. The van der Waals surface area contributed by atoms with Gasteiger partial charge in [-0.25, -0.2) is 9.97 Å². The van der Waals surface area contributed by atoms with Crippen LogP contribution in [0.5, 0.6) is 5.75 Å². The molecule has 4 aromatic heterocycles. The lowest BCUT2D eigenvalue weighted by Crippen LogP contribution is -2.05. The molecule has 0 spiro atoms. The van der Waals surface area contributed by atoms with Crippen LogP contribution in [0.2, 0.25) is 0 Å². The summed E-state index contributed by atoms with van der Waals surface area (Å²) in [6.07, 6.45) is 4.68. The van der Waals surface area contributed by atoms with Crippen molar-refractivity contribution in [1.82, 2.24) is 24.9 Å². The Balaban J connectivity index is 1.33. The molecule has 2 N–H and O–H groups in total. The Morgan fingerprint density at radius 1 is 0.974 bits per heavy atom. The number of rotatable bonds is 3. The van der Waals surface area contributed by atoms with Gasteiger partial charge < -0.3 is 14.7 Å². The second-order valence-electron chi connectivity index (χ2n) is 10.3. The molecule has 6 nitrogen and oxygen atoms in total. The van der Waals surface area contributed by atoms with Crippen LogP contribution in [0.25, 0.3) is 64.4 Å². The fraction of sp³-hybridized carbons (Fsp3) is 0.194. The summed E-state index contributed by atoms with van der Waals surface area (Å²) in [5, 5.41) is 5.83. The molecule has 0 atom stereocenters. The zero-order chi connectivity index (χ0) is 25.5. The molecule has 0 fully saturated rings. The largest absolute Gasteiger partial charge is 0.485 e. The number of aromatic amines is 2. The first-order valence-corrected chi connectivity index (χ1v) is 13.9. The molecule has 0 saturated carbocycles. The minimum Gasteiger partial charge on any atom is -0.485 e. The van der Waals surface area contributed by atoms with Crippen molar-refractivity contribution in [2.45, 2.75) is 39.7 Å². The van der Waals surface area contributed by atoms with Crippen LogP contribution in [-0.4, -0.2) is 24.9 Å². The van der Waals surface area contributed by atoms with Crippen molar-refractivity contribution in [2.75, 3.05) is 0 Å². The average Bonchev–Trinajstić information content (AvgIpc) is 3.69. The van der Waals surface area contributed by atoms with Crippen molar-refractivity contribution in [2.24, 2.45) is 0 Å². The number of aryl methyl sites for hydroxylation is 1. The third-order valence-electron chi connectivity index (χ3n) is 7.63. The van der Waals surface area contributed by atoms with Crippen LogP contribution in [0.15, 0.2) is 54.9 Å². The van der Waals surface area contributed by atoms with Crippen LogP contribution in [0.4, 0.5) is 0 Å². The van der Waals surface area contributed by atoms with Crippen molar-refractivity contribution < 1.29 is 4.74 Å². The molecule has 0 aliphatic carbocycles. The van der Waals surface area contributed by atoms with Crippen LogP contribution in [0, 0.1) is 0 Å². The molecule has 7 aromatic rings. The Bertz CT molecular complexity index is 2060. The number of ether oxygens (including phenoxy) is 1. The number of imidazole rings is 2. The first-order valence-electron chi connectivity index (χ1n) is 13.1. The van der Waals surface area contributed by atoms with Gasteiger partial charge >= 0.3 is 0 Å². The maximum atomic E-state index is 6.29. The molecule has 38 heavy (non-hydrogen) atoms.